The molecule has 1 saturated heterocycles. The van der Waals surface area contributed by atoms with E-state index in [1.165, 1.54) is 30.6 Å². The van der Waals surface area contributed by atoms with Crippen molar-refractivity contribution in [3.8, 4) is 11.4 Å². The second-order valence-corrected chi connectivity index (χ2v) is 6.70. The van der Waals surface area contributed by atoms with Gasteiger partial charge in [-0.1, -0.05) is 12.5 Å². The molecule has 1 N–H and O–H groups in total. The van der Waals surface area contributed by atoms with Crippen LogP contribution in [0.15, 0.2) is 24.4 Å². The van der Waals surface area contributed by atoms with Gasteiger partial charge in [-0.3, -0.25) is 9.88 Å². The van der Waals surface area contributed by atoms with Crippen molar-refractivity contribution in [1.82, 2.24) is 14.9 Å². The van der Waals surface area contributed by atoms with Gasteiger partial charge in [-0.05, 0) is 38.4 Å². The van der Waals surface area contributed by atoms with Gasteiger partial charge < -0.3 is 5.11 Å². The molecule has 3 heterocycles. The first-order valence-electron chi connectivity index (χ1n) is 7.53. The number of carboxylic acids is 1. The van der Waals surface area contributed by atoms with Crippen molar-refractivity contribution in [2.24, 2.45) is 0 Å². The summed E-state index contributed by atoms with van der Waals surface area (Å²) in [5.74, 6) is -0.934. The second kappa shape index (κ2) is 6.54. The molecule has 1 aliphatic heterocycles. The highest BCUT2D eigenvalue weighted by atomic mass is 32.1. The van der Waals surface area contributed by atoms with Crippen molar-refractivity contribution < 1.29 is 9.90 Å². The zero-order valence-electron chi connectivity index (χ0n) is 12.5. The summed E-state index contributed by atoms with van der Waals surface area (Å²) in [6.07, 6.45) is 5.33. The highest BCUT2D eigenvalue weighted by molar-refractivity contribution is 7.14. The molecule has 5 nitrogen and oxygen atoms in total. The summed E-state index contributed by atoms with van der Waals surface area (Å²) < 4.78 is 0. The third-order valence-corrected chi connectivity index (χ3v) is 5.08. The van der Waals surface area contributed by atoms with Crippen LogP contribution in [0.25, 0.3) is 11.4 Å². The number of aromatic nitrogens is 2. The molecule has 2 aromatic heterocycles. The average Bonchev–Trinajstić information content (AvgIpc) is 2.95. The molecule has 0 saturated carbocycles. The lowest BCUT2D eigenvalue weighted by Crippen LogP contribution is -2.36. The average molecular weight is 317 g/mol. The van der Waals surface area contributed by atoms with Gasteiger partial charge in [0.25, 0.3) is 0 Å². The number of rotatable bonds is 4. The van der Waals surface area contributed by atoms with Crippen molar-refractivity contribution in [2.45, 2.75) is 38.8 Å². The van der Waals surface area contributed by atoms with Gasteiger partial charge in [-0.25, -0.2) is 9.78 Å². The molecule has 1 unspecified atom stereocenters. The molecule has 1 atom stereocenters. The smallest absolute Gasteiger partial charge is 0.348 e. The Kier molecular flexibility index (Phi) is 4.49. The Bertz CT molecular complexity index is 657. The Morgan fingerprint density at radius 3 is 3.00 bits per heavy atom. The van der Waals surface area contributed by atoms with E-state index in [4.69, 9.17) is 0 Å². The van der Waals surface area contributed by atoms with Crippen molar-refractivity contribution in [2.75, 3.05) is 6.54 Å². The monoisotopic (exact) mass is 317 g/mol. The van der Waals surface area contributed by atoms with Crippen molar-refractivity contribution in [1.29, 1.82) is 0 Å². The molecule has 3 rings (SSSR count). The third kappa shape index (κ3) is 3.18. The summed E-state index contributed by atoms with van der Waals surface area (Å²) in [6, 6.07) is 5.99. The van der Waals surface area contributed by atoms with E-state index in [1.807, 2.05) is 12.1 Å². The van der Waals surface area contributed by atoms with Crippen LogP contribution in [0.1, 0.15) is 40.9 Å². The second-order valence-electron chi connectivity index (χ2n) is 5.62. The predicted molar refractivity (Wildman–Crippen MR) is 86.0 cm³/mol. The first kappa shape index (κ1) is 15.1. The molecule has 0 amide bonds. The first-order valence-corrected chi connectivity index (χ1v) is 8.35. The zero-order chi connectivity index (χ0) is 15.5. The molecule has 1 aliphatic rings. The number of piperidine rings is 1. The van der Waals surface area contributed by atoms with Gasteiger partial charge >= 0.3 is 5.97 Å². The number of pyridine rings is 1. The maximum absolute atomic E-state index is 11.5. The highest BCUT2D eigenvalue weighted by Crippen LogP contribution is 2.29. The van der Waals surface area contributed by atoms with E-state index >= 15 is 0 Å². The van der Waals surface area contributed by atoms with Gasteiger partial charge in [0.05, 0.1) is 12.2 Å². The number of thiazole rings is 1. The number of likely N-dealkylation sites (tertiary alicyclic amines) is 1. The molecule has 0 spiro atoms. The predicted octanol–water partition coefficient (Wildman–Crippen LogP) is 3.28. The zero-order valence-corrected chi connectivity index (χ0v) is 13.3. The van der Waals surface area contributed by atoms with Crippen LogP contribution in [-0.2, 0) is 6.54 Å². The molecule has 6 heteroatoms. The number of hydrogen-bond donors (Lipinski definition) is 1. The number of nitrogens with zero attached hydrogens (tertiary/aromatic N) is 3. The van der Waals surface area contributed by atoms with Gasteiger partial charge in [0.1, 0.15) is 15.6 Å². The Morgan fingerprint density at radius 1 is 1.45 bits per heavy atom. The Hall–Kier alpha value is -1.79. The maximum atomic E-state index is 11.5. The molecule has 0 aliphatic carbocycles. The SMILES string of the molecule is CC1CCCCN1Cc1nc(-c2ccccn2)c(C(=O)O)s1. The van der Waals surface area contributed by atoms with Crippen molar-refractivity contribution in [3.63, 3.8) is 0 Å². The Balaban J connectivity index is 1.88. The lowest BCUT2D eigenvalue weighted by molar-refractivity contribution is 0.0702. The summed E-state index contributed by atoms with van der Waals surface area (Å²) in [6.45, 7) is 4.01. The minimum absolute atomic E-state index is 0.276. The van der Waals surface area contributed by atoms with Crippen LogP contribution < -0.4 is 0 Å². The van der Waals surface area contributed by atoms with E-state index in [0.717, 1.165) is 18.1 Å². The lowest BCUT2D eigenvalue weighted by atomic mass is 10.0. The first-order chi connectivity index (χ1) is 10.6. The number of carboxylic acid groups (broad SMARTS) is 1. The number of aromatic carboxylic acids is 1. The molecule has 0 bridgehead atoms. The molecular formula is C16H19N3O2S. The van der Waals surface area contributed by atoms with Crippen LogP contribution in [0.5, 0.6) is 0 Å². The highest BCUT2D eigenvalue weighted by Gasteiger charge is 2.23. The van der Waals surface area contributed by atoms with Crippen molar-refractivity contribution >= 4 is 17.3 Å². The quantitative estimate of drug-likeness (QED) is 0.937. The normalized spacial score (nSPS) is 19.2. The van der Waals surface area contributed by atoms with Crippen LogP contribution in [0.2, 0.25) is 0 Å². The summed E-state index contributed by atoms with van der Waals surface area (Å²) in [5.41, 5.74) is 1.10. The van der Waals surface area contributed by atoms with Gasteiger partial charge in [0.15, 0.2) is 0 Å². The largest absolute Gasteiger partial charge is 0.477 e. The summed E-state index contributed by atoms with van der Waals surface area (Å²) in [7, 11) is 0. The van der Waals surface area contributed by atoms with E-state index < -0.39 is 5.97 Å². The van der Waals surface area contributed by atoms with Gasteiger partial charge in [-0.15, -0.1) is 11.3 Å². The summed E-state index contributed by atoms with van der Waals surface area (Å²) >= 11 is 1.27. The number of carbonyl (C=O) groups is 1. The molecule has 2 aromatic rings. The minimum Gasteiger partial charge on any atom is -0.477 e. The Labute approximate surface area is 133 Å². The fraction of sp³-hybridized carbons (Fsp3) is 0.438. The lowest BCUT2D eigenvalue weighted by Gasteiger charge is -2.32. The summed E-state index contributed by atoms with van der Waals surface area (Å²) in [5, 5.41) is 10.3. The fourth-order valence-corrected chi connectivity index (χ4v) is 3.76. The minimum atomic E-state index is -0.934. The van der Waals surface area contributed by atoms with E-state index in [9.17, 15) is 9.90 Å². The standard InChI is InChI=1S/C16H19N3O2S/c1-11-6-3-5-9-19(11)10-13-18-14(15(22-13)16(20)21)12-7-2-4-8-17-12/h2,4,7-8,11H,3,5-6,9-10H2,1H3,(H,20,21). The van der Waals surface area contributed by atoms with E-state index in [2.05, 4.69) is 21.8 Å². The van der Waals surface area contributed by atoms with Gasteiger partial charge in [-0.2, -0.15) is 0 Å². The topological polar surface area (TPSA) is 66.3 Å². The Morgan fingerprint density at radius 2 is 2.32 bits per heavy atom. The van der Waals surface area contributed by atoms with Crippen LogP contribution in [-0.4, -0.2) is 38.5 Å². The van der Waals surface area contributed by atoms with Crippen molar-refractivity contribution in [3.05, 3.63) is 34.3 Å². The third-order valence-electron chi connectivity index (χ3n) is 4.05. The molecule has 0 aromatic carbocycles. The fourth-order valence-electron chi connectivity index (χ4n) is 2.82. The van der Waals surface area contributed by atoms with E-state index in [0.29, 0.717) is 17.4 Å². The molecule has 22 heavy (non-hydrogen) atoms. The molecular weight excluding hydrogens is 298 g/mol. The summed E-state index contributed by atoms with van der Waals surface area (Å²) in [4.78, 5) is 23.0. The number of hydrogen-bond acceptors (Lipinski definition) is 5. The molecule has 116 valence electrons. The van der Waals surface area contributed by atoms with Crippen LogP contribution >= 0.6 is 11.3 Å². The maximum Gasteiger partial charge on any atom is 0.348 e. The van der Waals surface area contributed by atoms with Gasteiger partial charge in [0.2, 0.25) is 0 Å². The van der Waals surface area contributed by atoms with E-state index in [1.54, 1.807) is 12.3 Å². The van der Waals surface area contributed by atoms with E-state index in [-0.39, 0.29) is 4.88 Å². The van der Waals surface area contributed by atoms with Crippen LogP contribution in [0.3, 0.4) is 0 Å². The van der Waals surface area contributed by atoms with Crippen LogP contribution in [0.4, 0.5) is 0 Å². The molecule has 0 radical (unpaired) electrons. The van der Waals surface area contributed by atoms with Gasteiger partial charge in [0, 0.05) is 12.2 Å². The van der Waals surface area contributed by atoms with Crippen LogP contribution in [0, 0.1) is 0 Å². The molecule has 1 fully saturated rings.